The van der Waals surface area contributed by atoms with Gasteiger partial charge in [-0.3, -0.25) is 4.98 Å². The van der Waals surface area contributed by atoms with Crippen molar-refractivity contribution in [2.75, 3.05) is 5.73 Å². The fourth-order valence-electron chi connectivity index (χ4n) is 1.37. The minimum Gasteiger partial charge on any atom is -0.454 e. The molecule has 0 saturated carbocycles. The summed E-state index contributed by atoms with van der Waals surface area (Å²) < 4.78 is 5.57. The first-order chi connectivity index (χ1) is 8.20. The zero-order chi connectivity index (χ0) is 12.3. The Morgan fingerprint density at radius 1 is 1.29 bits per heavy atom. The molecule has 0 spiro atoms. The molecule has 0 saturated heterocycles. The van der Waals surface area contributed by atoms with E-state index in [2.05, 4.69) is 4.98 Å². The molecule has 0 aliphatic rings. The van der Waals surface area contributed by atoms with Crippen LogP contribution in [-0.2, 0) is 0 Å². The molecule has 1 aromatic carbocycles. The van der Waals surface area contributed by atoms with Crippen molar-refractivity contribution in [3.8, 4) is 17.6 Å². The fraction of sp³-hybridized carbons (Fsp3) is 0.0769. The van der Waals surface area contributed by atoms with Gasteiger partial charge < -0.3 is 10.5 Å². The van der Waals surface area contributed by atoms with Gasteiger partial charge in [0, 0.05) is 5.69 Å². The van der Waals surface area contributed by atoms with Crippen LogP contribution in [0.1, 0.15) is 11.3 Å². The molecule has 0 aliphatic carbocycles. The Labute approximate surface area is 99.3 Å². The molecule has 4 nitrogen and oxygen atoms in total. The van der Waals surface area contributed by atoms with Crippen molar-refractivity contribution in [3.63, 3.8) is 0 Å². The van der Waals surface area contributed by atoms with Gasteiger partial charge in [0.2, 0.25) is 0 Å². The Kier molecular flexibility index (Phi) is 2.93. The van der Waals surface area contributed by atoms with Crippen molar-refractivity contribution in [2.24, 2.45) is 0 Å². The largest absolute Gasteiger partial charge is 0.454 e. The summed E-state index contributed by atoms with van der Waals surface area (Å²) >= 11 is 0. The molecule has 0 atom stereocenters. The maximum atomic E-state index is 8.85. The smallest absolute Gasteiger partial charge is 0.151 e. The molecule has 2 N–H and O–H groups in total. The number of hydrogen-bond donors (Lipinski definition) is 1. The third-order valence-corrected chi connectivity index (χ3v) is 2.30. The van der Waals surface area contributed by atoms with E-state index in [9.17, 15) is 0 Å². The predicted molar refractivity (Wildman–Crippen MR) is 64.6 cm³/mol. The lowest BCUT2D eigenvalue weighted by Gasteiger charge is -2.08. The van der Waals surface area contributed by atoms with Crippen LogP contribution in [0.4, 0.5) is 5.69 Å². The second kappa shape index (κ2) is 4.54. The summed E-state index contributed by atoms with van der Waals surface area (Å²) in [6.45, 7) is 1.90. The quantitative estimate of drug-likeness (QED) is 0.797. The van der Waals surface area contributed by atoms with Crippen molar-refractivity contribution < 1.29 is 4.74 Å². The van der Waals surface area contributed by atoms with Crippen molar-refractivity contribution in [1.82, 2.24) is 4.98 Å². The van der Waals surface area contributed by atoms with E-state index in [1.807, 2.05) is 19.1 Å². The molecule has 0 aliphatic heterocycles. The van der Waals surface area contributed by atoms with Crippen molar-refractivity contribution in [3.05, 3.63) is 47.8 Å². The number of para-hydroxylation sites is 1. The number of pyridine rings is 1. The highest BCUT2D eigenvalue weighted by atomic mass is 16.5. The average Bonchev–Trinajstić information content (AvgIpc) is 2.35. The van der Waals surface area contributed by atoms with Crippen molar-refractivity contribution >= 4 is 5.69 Å². The fourth-order valence-corrected chi connectivity index (χ4v) is 1.37. The number of anilines is 1. The Morgan fingerprint density at radius 3 is 2.76 bits per heavy atom. The molecule has 0 unspecified atom stereocenters. The molecule has 4 heteroatoms. The lowest BCUT2D eigenvalue weighted by atomic mass is 10.2. The van der Waals surface area contributed by atoms with Crippen LogP contribution in [0.2, 0.25) is 0 Å². The second-order valence-electron chi connectivity index (χ2n) is 3.57. The zero-order valence-corrected chi connectivity index (χ0v) is 9.34. The molecule has 0 amide bonds. The molecule has 17 heavy (non-hydrogen) atoms. The molecule has 0 fully saturated rings. The Morgan fingerprint density at radius 2 is 2.12 bits per heavy atom. The van der Waals surface area contributed by atoms with E-state index in [-0.39, 0.29) is 0 Å². The zero-order valence-electron chi connectivity index (χ0n) is 9.34. The standard InChI is InChI=1S/C13H11N3O/c1-9-5-6-11(8-16-9)17-12-4-2-3-10(7-14)13(12)15/h2-6,8H,15H2,1H3. The number of nitrogen functional groups attached to an aromatic ring is 1. The maximum absolute atomic E-state index is 8.85. The Balaban J connectivity index is 2.31. The first-order valence-corrected chi connectivity index (χ1v) is 5.10. The van der Waals surface area contributed by atoms with Crippen LogP contribution in [0.5, 0.6) is 11.5 Å². The van der Waals surface area contributed by atoms with Crippen LogP contribution >= 0.6 is 0 Å². The van der Waals surface area contributed by atoms with Gasteiger partial charge >= 0.3 is 0 Å². The summed E-state index contributed by atoms with van der Waals surface area (Å²) in [6.07, 6.45) is 1.62. The lowest BCUT2D eigenvalue weighted by Crippen LogP contribution is -1.95. The van der Waals surface area contributed by atoms with Gasteiger partial charge in [0.1, 0.15) is 11.8 Å². The molecule has 0 radical (unpaired) electrons. The van der Waals surface area contributed by atoms with Gasteiger partial charge in [-0.25, -0.2) is 0 Å². The van der Waals surface area contributed by atoms with Crippen molar-refractivity contribution in [2.45, 2.75) is 6.92 Å². The van der Waals surface area contributed by atoms with E-state index in [0.717, 1.165) is 5.69 Å². The van der Waals surface area contributed by atoms with Gasteiger partial charge in [-0.15, -0.1) is 0 Å². The molecule has 0 bridgehead atoms. The minimum absolute atomic E-state index is 0.343. The van der Waals surface area contributed by atoms with E-state index in [0.29, 0.717) is 22.7 Å². The number of hydrogen-bond acceptors (Lipinski definition) is 4. The summed E-state index contributed by atoms with van der Waals surface area (Å²) in [5.41, 5.74) is 7.47. The van der Waals surface area contributed by atoms with Crippen LogP contribution in [0, 0.1) is 18.3 Å². The highest BCUT2D eigenvalue weighted by Crippen LogP contribution is 2.29. The Bertz CT molecular complexity index is 570. The molecular formula is C13H11N3O. The number of nitriles is 1. The van der Waals surface area contributed by atoms with Gasteiger partial charge in [0.05, 0.1) is 17.4 Å². The number of aryl methyl sites for hydroxylation is 1. The number of nitrogens with zero attached hydrogens (tertiary/aromatic N) is 2. The summed E-state index contributed by atoms with van der Waals surface area (Å²) in [5, 5.41) is 8.85. The summed E-state index contributed by atoms with van der Waals surface area (Å²) in [6, 6.07) is 10.8. The van der Waals surface area contributed by atoms with Crippen LogP contribution in [-0.4, -0.2) is 4.98 Å². The summed E-state index contributed by atoms with van der Waals surface area (Å²) in [5.74, 6) is 1.06. The van der Waals surface area contributed by atoms with E-state index in [4.69, 9.17) is 15.7 Å². The van der Waals surface area contributed by atoms with Crippen molar-refractivity contribution in [1.29, 1.82) is 5.26 Å². The average molecular weight is 225 g/mol. The van der Waals surface area contributed by atoms with Gasteiger partial charge in [0.25, 0.3) is 0 Å². The maximum Gasteiger partial charge on any atom is 0.151 e. The molecule has 1 heterocycles. The second-order valence-corrected chi connectivity index (χ2v) is 3.57. The van der Waals surface area contributed by atoms with E-state index in [1.54, 1.807) is 30.5 Å². The first kappa shape index (κ1) is 11.0. The van der Waals surface area contributed by atoms with E-state index in [1.165, 1.54) is 0 Å². The minimum atomic E-state index is 0.343. The third kappa shape index (κ3) is 2.34. The lowest BCUT2D eigenvalue weighted by molar-refractivity contribution is 0.482. The summed E-state index contributed by atoms with van der Waals surface area (Å²) in [4.78, 5) is 4.12. The number of ether oxygens (including phenoxy) is 1. The van der Waals surface area contributed by atoms with E-state index >= 15 is 0 Å². The van der Waals surface area contributed by atoms with Gasteiger partial charge in [-0.1, -0.05) is 6.07 Å². The number of nitrogens with two attached hydrogens (primary N) is 1. The van der Waals surface area contributed by atoms with Crippen LogP contribution in [0.3, 0.4) is 0 Å². The normalized spacial score (nSPS) is 9.65. The molecule has 84 valence electrons. The van der Waals surface area contributed by atoms with Gasteiger partial charge in [0.15, 0.2) is 5.75 Å². The highest BCUT2D eigenvalue weighted by Gasteiger charge is 2.06. The first-order valence-electron chi connectivity index (χ1n) is 5.10. The van der Waals surface area contributed by atoms with Crippen LogP contribution < -0.4 is 10.5 Å². The molecular weight excluding hydrogens is 214 g/mol. The molecule has 1 aromatic heterocycles. The number of aromatic nitrogens is 1. The Hall–Kier alpha value is -2.54. The highest BCUT2D eigenvalue weighted by molar-refractivity contribution is 5.63. The van der Waals surface area contributed by atoms with Gasteiger partial charge in [-0.2, -0.15) is 5.26 Å². The predicted octanol–water partition coefficient (Wildman–Crippen LogP) is 2.64. The topological polar surface area (TPSA) is 71.9 Å². The van der Waals surface area contributed by atoms with Crippen LogP contribution in [0.25, 0.3) is 0 Å². The molecule has 2 rings (SSSR count). The molecule has 2 aromatic rings. The van der Waals surface area contributed by atoms with Gasteiger partial charge in [-0.05, 0) is 31.2 Å². The monoisotopic (exact) mass is 225 g/mol. The summed E-state index contributed by atoms with van der Waals surface area (Å²) in [7, 11) is 0. The van der Waals surface area contributed by atoms with E-state index < -0.39 is 0 Å². The third-order valence-electron chi connectivity index (χ3n) is 2.30. The SMILES string of the molecule is Cc1ccc(Oc2cccc(C#N)c2N)cn1. The number of rotatable bonds is 2. The number of benzene rings is 1. The van der Waals surface area contributed by atoms with Crippen LogP contribution in [0.15, 0.2) is 36.5 Å².